The first-order valence-electron chi connectivity index (χ1n) is 10.2. The predicted molar refractivity (Wildman–Crippen MR) is 119 cm³/mol. The van der Waals surface area contributed by atoms with Gasteiger partial charge >= 0.3 is 0 Å². The molecule has 0 saturated carbocycles. The minimum atomic E-state index is 0.0634. The molecule has 0 fully saturated rings. The fourth-order valence-electron chi connectivity index (χ4n) is 3.96. The van der Waals surface area contributed by atoms with Crippen molar-refractivity contribution in [3.63, 3.8) is 0 Å². The van der Waals surface area contributed by atoms with Crippen LogP contribution < -0.4 is 11.5 Å². The molecule has 27 heavy (non-hydrogen) atoms. The van der Waals surface area contributed by atoms with Crippen molar-refractivity contribution in [2.75, 3.05) is 0 Å². The van der Waals surface area contributed by atoms with E-state index in [4.69, 9.17) is 11.5 Å². The van der Waals surface area contributed by atoms with E-state index in [9.17, 15) is 0 Å². The van der Waals surface area contributed by atoms with Crippen LogP contribution in [0.15, 0.2) is 83.7 Å². The first kappa shape index (κ1) is 21.2. The lowest BCUT2D eigenvalue weighted by Crippen LogP contribution is -2.28. The molecule has 2 nitrogen and oxygen atoms in total. The van der Waals surface area contributed by atoms with Crippen LogP contribution in [0.25, 0.3) is 0 Å². The third-order valence-corrected chi connectivity index (χ3v) is 5.67. The largest absolute Gasteiger partial charge is 0.404 e. The summed E-state index contributed by atoms with van der Waals surface area (Å²) in [7, 11) is 0. The average Bonchev–Trinajstić information content (AvgIpc) is 2.70. The SMILES string of the molecule is C/C=C\C(=C/N)C1C=CC(C(C)/C(=C\C(N)C2C=CC=CC2)C(C)C)=CC1. The quantitative estimate of drug-likeness (QED) is 0.457. The van der Waals surface area contributed by atoms with Crippen LogP contribution >= 0.6 is 0 Å². The lowest BCUT2D eigenvalue weighted by molar-refractivity contribution is 0.557. The molecule has 0 amide bonds. The fraction of sp³-hybridized carbons (Fsp3) is 0.440. The summed E-state index contributed by atoms with van der Waals surface area (Å²) in [5, 5.41) is 0. The Labute approximate surface area is 165 Å². The molecule has 0 aromatic heterocycles. The van der Waals surface area contributed by atoms with E-state index in [0.717, 1.165) is 12.8 Å². The lowest BCUT2D eigenvalue weighted by atomic mass is 9.79. The molecule has 0 saturated heterocycles. The number of allylic oxidation sites excluding steroid dienone is 11. The van der Waals surface area contributed by atoms with Crippen LogP contribution in [-0.4, -0.2) is 6.04 Å². The summed E-state index contributed by atoms with van der Waals surface area (Å²) < 4.78 is 0. The van der Waals surface area contributed by atoms with Crippen LogP contribution in [0, 0.1) is 23.7 Å². The van der Waals surface area contributed by atoms with E-state index in [0.29, 0.717) is 23.7 Å². The summed E-state index contributed by atoms with van der Waals surface area (Å²) in [6.45, 7) is 8.86. The topological polar surface area (TPSA) is 52.0 Å². The van der Waals surface area contributed by atoms with Gasteiger partial charge in [0.05, 0.1) is 0 Å². The van der Waals surface area contributed by atoms with Crippen LogP contribution in [0.2, 0.25) is 0 Å². The minimum Gasteiger partial charge on any atom is -0.404 e. The molecule has 0 heterocycles. The summed E-state index contributed by atoms with van der Waals surface area (Å²) in [5.41, 5.74) is 16.3. The summed E-state index contributed by atoms with van der Waals surface area (Å²) in [6.07, 6.45) is 25.8. The normalized spacial score (nSPS) is 25.9. The van der Waals surface area contributed by atoms with Crippen LogP contribution in [0.5, 0.6) is 0 Å². The Balaban J connectivity index is 2.13. The van der Waals surface area contributed by atoms with Gasteiger partial charge in [0.15, 0.2) is 0 Å². The Kier molecular flexibility index (Phi) is 8.12. The van der Waals surface area contributed by atoms with Crippen molar-refractivity contribution in [3.8, 4) is 0 Å². The molecule has 2 aliphatic rings. The van der Waals surface area contributed by atoms with Gasteiger partial charge in [0.25, 0.3) is 0 Å². The molecule has 0 aromatic rings. The highest BCUT2D eigenvalue weighted by Gasteiger charge is 2.21. The maximum absolute atomic E-state index is 6.54. The smallest absolute Gasteiger partial charge is 0.0293 e. The van der Waals surface area contributed by atoms with Crippen LogP contribution in [-0.2, 0) is 0 Å². The van der Waals surface area contributed by atoms with Crippen LogP contribution in [0.3, 0.4) is 0 Å². The summed E-state index contributed by atoms with van der Waals surface area (Å²) in [5.74, 6) is 1.62. The molecular weight excluding hydrogens is 328 g/mol. The highest BCUT2D eigenvalue weighted by molar-refractivity contribution is 5.37. The van der Waals surface area contributed by atoms with Gasteiger partial charge in [-0.25, -0.2) is 0 Å². The second kappa shape index (κ2) is 10.3. The van der Waals surface area contributed by atoms with Gasteiger partial charge in [0, 0.05) is 17.9 Å². The zero-order valence-electron chi connectivity index (χ0n) is 17.3. The summed E-state index contributed by atoms with van der Waals surface area (Å²) in [4.78, 5) is 0. The monoisotopic (exact) mass is 364 g/mol. The molecule has 0 aliphatic heterocycles. The van der Waals surface area contributed by atoms with Crippen molar-refractivity contribution in [3.05, 3.63) is 83.7 Å². The van der Waals surface area contributed by atoms with Crippen LogP contribution in [0.1, 0.15) is 40.5 Å². The molecule has 0 spiro atoms. The third kappa shape index (κ3) is 5.71. The Morgan fingerprint density at radius 3 is 2.44 bits per heavy atom. The first-order chi connectivity index (χ1) is 13.0. The molecule has 0 radical (unpaired) electrons. The van der Waals surface area contributed by atoms with Crippen molar-refractivity contribution in [2.24, 2.45) is 35.1 Å². The Morgan fingerprint density at radius 2 is 1.93 bits per heavy atom. The van der Waals surface area contributed by atoms with E-state index < -0.39 is 0 Å². The van der Waals surface area contributed by atoms with Crippen molar-refractivity contribution >= 4 is 0 Å². The van der Waals surface area contributed by atoms with Gasteiger partial charge in [0.2, 0.25) is 0 Å². The van der Waals surface area contributed by atoms with Gasteiger partial charge in [-0.3, -0.25) is 0 Å². The highest BCUT2D eigenvalue weighted by atomic mass is 14.6. The molecule has 146 valence electrons. The number of rotatable bonds is 7. The molecule has 4 N–H and O–H groups in total. The highest BCUT2D eigenvalue weighted by Crippen LogP contribution is 2.33. The van der Waals surface area contributed by atoms with Gasteiger partial charge in [-0.1, -0.05) is 87.1 Å². The van der Waals surface area contributed by atoms with E-state index in [-0.39, 0.29) is 6.04 Å². The van der Waals surface area contributed by atoms with Crippen molar-refractivity contribution in [1.29, 1.82) is 0 Å². The van der Waals surface area contributed by atoms with E-state index in [1.807, 2.05) is 13.0 Å². The number of hydrogen-bond acceptors (Lipinski definition) is 2. The standard InChI is InChI=1S/C25H36N2/c1-5-9-23(17-26)21-14-12-20(13-15-21)19(4)24(18(2)3)16-25(27)22-10-7-6-8-11-22/h5-10,12-14,16-19,21-22,25H,11,15,26-27H2,1-4H3/b9-5-,23-17+,24-16-. The van der Waals surface area contributed by atoms with Crippen molar-refractivity contribution in [1.82, 2.24) is 0 Å². The van der Waals surface area contributed by atoms with Crippen molar-refractivity contribution < 1.29 is 0 Å². The maximum Gasteiger partial charge on any atom is 0.0293 e. The lowest BCUT2D eigenvalue weighted by Gasteiger charge is -2.27. The first-order valence-corrected chi connectivity index (χ1v) is 10.2. The van der Waals surface area contributed by atoms with Gasteiger partial charge in [-0.15, -0.1) is 0 Å². The third-order valence-electron chi connectivity index (χ3n) is 5.67. The molecule has 0 aromatic carbocycles. The molecule has 2 rings (SSSR count). The van der Waals surface area contributed by atoms with Crippen molar-refractivity contribution in [2.45, 2.75) is 46.6 Å². The second-order valence-corrected chi connectivity index (χ2v) is 7.91. The molecule has 4 atom stereocenters. The molecular formula is C25H36N2. The van der Waals surface area contributed by atoms with Gasteiger partial charge in [0.1, 0.15) is 0 Å². The Hall–Kier alpha value is -2.06. The Morgan fingerprint density at radius 1 is 1.15 bits per heavy atom. The van der Waals surface area contributed by atoms with Gasteiger partial charge in [-0.05, 0) is 48.9 Å². The summed E-state index contributed by atoms with van der Waals surface area (Å²) >= 11 is 0. The molecule has 0 bridgehead atoms. The zero-order valence-corrected chi connectivity index (χ0v) is 17.3. The predicted octanol–water partition coefficient (Wildman–Crippen LogP) is 5.59. The average molecular weight is 365 g/mol. The summed E-state index contributed by atoms with van der Waals surface area (Å²) in [6, 6.07) is 0.0634. The second-order valence-electron chi connectivity index (χ2n) is 7.91. The van der Waals surface area contributed by atoms with E-state index in [1.165, 1.54) is 16.7 Å². The minimum absolute atomic E-state index is 0.0634. The maximum atomic E-state index is 6.54. The van der Waals surface area contributed by atoms with Crippen LogP contribution in [0.4, 0.5) is 0 Å². The van der Waals surface area contributed by atoms with E-state index in [1.54, 1.807) is 6.20 Å². The Bertz CT molecular complexity index is 698. The van der Waals surface area contributed by atoms with E-state index >= 15 is 0 Å². The fourth-order valence-corrected chi connectivity index (χ4v) is 3.96. The molecule has 2 aliphatic carbocycles. The van der Waals surface area contributed by atoms with E-state index in [2.05, 4.69) is 75.5 Å². The number of hydrogen-bond donors (Lipinski definition) is 2. The number of nitrogens with two attached hydrogens (primary N) is 2. The molecule has 2 heteroatoms. The van der Waals surface area contributed by atoms with Gasteiger partial charge in [-0.2, -0.15) is 0 Å². The zero-order chi connectivity index (χ0) is 19.8. The van der Waals surface area contributed by atoms with Gasteiger partial charge < -0.3 is 11.5 Å². The molecule has 4 unspecified atom stereocenters.